The molecule has 0 bridgehead atoms. The largest absolute Gasteiger partial charge is 0.318 e. The highest BCUT2D eigenvalue weighted by atomic mass is 16.2. The Labute approximate surface area is 126 Å². The topological polar surface area (TPSA) is 86.9 Å². The number of carbonyl (C=O) groups is 2. The van der Waals surface area contributed by atoms with Crippen LogP contribution in [0.15, 0.2) is 48.7 Å². The summed E-state index contributed by atoms with van der Waals surface area (Å²) in [4.78, 5) is 23.9. The number of rotatable bonds is 2. The van der Waals surface area contributed by atoms with Gasteiger partial charge in [-0.1, -0.05) is 18.2 Å². The van der Waals surface area contributed by atoms with E-state index in [4.69, 9.17) is 0 Å². The summed E-state index contributed by atoms with van der Waals surface area (Å²) in [6.45, 7) is 1.86. The monoisotopic (exact) mass is 294 g/mol. The number of anilines is 2. The molecule has 6 nitrogen and oxygen atoms in total. The number of hydrogen-bond acceptors (Lipinski definition) is 3. The molecule has 0 saturated carbocycles. The fourth-order valence-electron chi connectivity index (χ4n) is 2.09. The smallest absolute Gasteiger partial charge is 0.314 e. The minimum atomic E-state index is -0.720. The van der Waals surface area contributed by atoms with Crippen LogP contribution in [0.3, 0.4) is 0 Å². The lowest BCUT2D eigenvalue weighted by atomic mass is 10.2. The number of benzene rings is 2. The van der Waals surface area contributed by atoms with Crippen LogP contribution in [0.5, 0.6) is 0 Å². The number of fused-ring (bicyclic) bond motifs is 1. The second-order valence-corrected chi connectivity index (χ2v) is 4.90. The molecular formula is C16H14N4O2. The summed E-state index contributed by atoms with van der Waals surface area (Å²) in [5, 5.41) is 12.8. The highest BCUT2D eigenvalue weighted by molar-refractivity contribution is 6.43. The number of nitrogens with one attached hydrogen (secondary N) is 3. The molecule has 1 aromatic heterocycles. The lowest BCUT2D eigenvalue weighted by molar-refractivity contribution is -0.133. The van der Waals surface area contributed by atoms with Gasteiger partial charge in [-0.15, -0.1) is 0 Å². The number of carbonyl (C=O) groups excluding carboxylic acids is 2. The summed E-state index contributed by atoms with van der Waals surface area (Å²) in [7, 11) is 0. The van der Waals surface area contributed by atoms with Crippen molar-refractivity contribution in [2.75, 3.05) is 10.6 Å². The lowest BCUT2D eigenvalue weighted by Crippen LogP contribution is -2.29. The van der Waals surface area contributed by atoms with E-state index in [1.165, 1.54) is 0 Å². The number of amides is 2. The first-order chi connectivity index (χ1) is 10.6. The maximum absolute atomic E-state index is 12.0. The van der Waals surface area contributed by atoms with E-state index in [1.807, 2.05) is 25.1 Å². The minimum Gasteiger partial charge on any atom is -0.318 e. The first-order valence-corrected chi connectivity index (χ1v) is 6.74. The average Bonchev–Trinajstić information content (AvgIpc) is 2.97. The number of aromatic amines is 1. The number of hydrogen-bond donors (Lipinski definition) is 3. The van der Waals surface area contributed by atoms with E-state index in [0.717, 1.165) is 16.5 Å². The van der Waals surface area contributed by atoms with Crippen LogP contribution in [0.25, 0.3) is 10.9 Å². The zero-order valence-electron chi connectivity index (χ0n) is 11.9. The Morgan fingerprint density at radius 2 is 1.82 bits per heavy atom. The van der Waals surface area contributed by atoms with Gasteiger partial charge in [-0.3, -0.25) is 14.7 Å². The minimum absolute atomic E-state index is 0.529. The van der Waals surface area contributed by atoms with Crippen LogP contribution in [-0.4, -0.2) is 22.0 Å². The van der Waals surface area contributed by atoms with Crippen LogP contribution < -0.4 is 10.6 Å². The molecule has 3 N–H and O–H groups in total. The summed E-state index contributed by atoms with van der Waals surface area (Å²) in [5.41, 5.74) is 2.83. The van der Waals surface area contributed by atoms with E-state index >= 15 is 0 Å². The van der Waals surface area contributed by atoms with Crippen molar-refractivity contribution in [3.05, 3.63) is 54.2 Å². The fourth-order valence-corrected chi connectivity index (χ4v) is 2.09. The third-order valence-corrected chi connectivity index (χ3v) is 3.30. The molecule has 0 aliphatic heterocycles. The highest BCUT2D eigenvalue weighted by Crippen LogP contribution is 2.17. The molecule has 0 aliphatic carbocycles. The third kappa shape index (κ3) is 2.80. The molecule has 2 aromatic carbocycles. The van der Waals surface area contributed by atoms with E-state index in [2.05, 4.69) is 20.8 Å². The molecule has 3 rings (SSSR count). The Kier molecular flexibility index (Phi) is 3.57. The zero-order chi connectivity index (χ0) is 15.5. The van der Waals surface area contributed by atoms with Crippen molar-refractivity contribution in [3.8, 4) is 0 Å². The van der Waals surface area contributed by atoms with Gasteiger partial charge in [0.2, 0.25) is 0 Å². The molecule has 110 valence electrons. The normalized spacial score (nSPS) is 10.4. The van der Waals surface area contributed by atoms with Gasteiger partial charge in [-0.05, 0) is 36.8 Å². The summed E-state index contributed by atoms with van der Waals surface area (Å²) in [5.74, 6) is -1.43. The molecule has 0 saturated heterocycles. The Bertz CT molecular complexity index is 854. The molecule has 0 fully saturated rings. The number of aromatic nitrogens is 2. The molecule has 0 atom stereocenters. The Morgan fingerprint density at radius 3 is 2.64 bits per heavy atom. The second-order valence-electron chi connectivity index (χ2n) is 4.90. The van der Waals surface area contributed by atoms with E-state index in [0.29, 0.717) is 11.4 Å². The summed E-state index contributed by atoms with van der Waals surface area (Å²) in [6, 6.07) is 12.5. The van der Waals surface area contributed by atoms with Crippen LogP contribution in [0.2, 0.25) is 0 Å². The highest BCUT2D eigenvalue weighted by Gasteiger charge is 2.15. The van der Waals surface area contributed by atoms with Crippen LogP contribution in [-0.2, 0) is 9.59 Å². The van der Waals surface area contributed by atoms with Gasteiger partial charge in [0.1, 0.15) is 0 Å². The number of aryl methyl sites for hydroxylation is 1. The van der Waals surface area contributed by atoms with Crippen molar-refractivity contribution >= 4 is 34.1 Å². The summed E-state index contributed by atoms with van der Waals surface area (Å²) >= 11 is 0. The van der Waals surface area contributed by atoms with Gasteiger partial charge in [-0.2, -0.15) is 5.10 Å². The third-order valence-electron chi connectivity index (χ3n) is 3.30. The van der Waals surface area contributed by atoms with E-state index in [9.17, 15) is 9.59 Å². The van der Waals surface area contributed by atoms with Gasteiger partial charge in [0.25, 0.3) is 0 Å². The number of nitrogens with zero attached hydrogens (tertiary/aromatic N) is 1. The first kappa shape index (κ1) is 13.8. The van der Waals surface area contributed by atoms with E-state index in [1.54, 1.807) is 30.5 Å². The molecule has 2 amide bonds. The molecular weight excluding hydrogens is 280 g/mol. The van der Waals surface area contributed by atoms with E-state index < -0.39 is 11.8 Å². The summed E-state index contributed by atoms with van der Waals surface area (Å²) < 4.78 is 0. The van der Waals surface area contributed by atoms with Crippen LogP contribution in [0, 0.1) is 6.92 Å². The second kappa shape index (κ2) is 5.69. The fraction of sp³-hybridized carbons (Fsp3) is 0.0625. The van der Waals surface area contributed by atoms with Crippen molar-refractivity contribution in [1.82, 2.24) is 10.2 Å². The van der Waals surface area contributed by atoms with Crippen molar-refractivity contribution in [2.24, 2.45) is 0 Å². The zero-order valence-corrected chi connectivity index (χ0v) is 11.9. The Hall–Kier alpha value is -3.15. The van der Waals surface area contributed by atoms with Crippen LogP contribution in [0.4, 0.5) is 11.4 Å². The molecule has 22 heavy (non-hydrogen) atoms. The maximum Gasteiger partial charge on any atom is 0.314 e. The Balaban J connectivity index is 1.70. The van der Waals surface area contributed by atoms with Crippen LogP contribution in [0.1, 0.15) is 5.56 Å². The Morgan fingerprint density at radius 1 is 1.05 bits per heavy atom. The number of H-pyrrole nitrogens is 1. The maximum atomic E-state index is 12.0. The van der Waals surface area contributed by atoms with Gasteiger partial charge in [-0.25, -0.2) is 0 Å². The summed E-state index contributed by atoms with van der Waals surface area (Å²) in [6.07, 6.45) is 1.69. The molecule has 1 heterocycles. The predicted octanol–water partition coefficient (Wildman–Crippen LogP) is 2.45. The predicted molar refractivity (Wildman–Crippen MR) is 84.5 cm³/mol. The molecule has 3 aromatic rings. The van der Waals surface area contributed by atoms with Gasteiger partial charge in [0, 0.05) is 16.8 Å². The standard InChI is InChI=1S/C16H14N4O2/c1-10-4-2-3-5-13(10)19-16(22)15(21)18-12-7-6-11-9-17-20-14(11)8-12/h2-9H,1H3,(H,17,20)(H,18,21)(H,19,22). The molecule has 0 unspecified atom stereocenters. The van der Waals surface area contributed by atoms with Crippen molar-refractivity contribution in [3.63, 3.8) is 0 Å². The molecule has 0 spiro atoms. The molecule has 6 heteroatoms. The van der Waals surface area contributed by atoms with Gasteiger partial charge >= 0.3 is 11.8 Å². The van der Waals surface area contributed by atoms with Crippen molar-refractivity contribution < 1.29 is 9.59 Å². The number of para-hydroxylation sites is 1. The van der Waals surface area contributed by atoms with Gasteiger partial charge in [0.05, 0.1) is 11.7 Å². The van der Waals surface area contributed by atoms with Crippen molar-refractivity contribution in [2.45, 2.75) is 6.92 Å². The molecule has 0 radical (unpaired) electrons. The quantitative estimate of drug-likeness (QED) is 0.634. The van der Waals surface area contributed by atoms with Gasteiger partial charge < -0.3 is 10.6 Å². The van der Waals surface area contributed by atoms with Crippen LogP contribution >= 0.6 is 0 Å². The average molecular weight is 294 g/mol. The lowest BCUT2D eigenvalue weighted by Gasteiger charge is -2.08. The SMILES string of the molecule is Cc1ccccc1NC(=O)C(=O)Nc1ccc2cn[nH]c2c1. The van der Waals surface area contributed by atoms with Gasteiger partial charge in [0.15, 0.2) is 0 Å². The van der Waals surface area contributed by atoms with Crippen molar-refractivity contribution in [1.29, 1.82) is 0 Å². The first-order valence-electron chi connectivity index (χ1n) is 6.74. The van der Waals surface area contributed by atoms with E-state index in [-0.39, 0.29) is 0 Å². The molecule has 0 aliphatic rings.